The number of anilines is 1. The maximum atomic E-state index is 14.1. The number of rotatable bonds is 10. The molecule has 0 bridgehead atoms. The van der Waals surface area contributed by atoms with Crippen molar-refractivity contribution in [3.63, 3.8) is 0 Å². The number of fused-ring (bicyclic) bond motifs is 2. The Morgan fingerprint density at radius 3 is 2.52 bits per heavy atom. The number of aryl methyl sites for hydroxylation is 1. The quantitative estimate of drug-likeness (QED) is 0.174. The zero-order chi connectivity index (χ0) is 34.8. The Morgan fingerprint density at radius 2 is 1.74 bits per heavy atom. The Kier molecular flexibility index (Phi) is 9.36. The molecule has 4 heterocycles. The molecule has 0 saturated heterocycles. The summed E-state index contributed by atoms with van der Waals surface area (Å²) in [4.78, 5) is 44.9. The molecule has 1 aliphatic rings. The van der Waals surface area contributed by atoms with Crippen molar-refractivity contribution in [1.29, 1.82) is 0 Å². The first-order valence-electron chi connectivity index (χ1n) is 16.5. The molecular formula is C37H37ClN8O4. The van der Waals surface area contributed by atoms with Crippen molar-refractivity contribution in [2.75, 3.05) is 19.5 Å². The molecule has 0 aliphatic heterocycles. The standard InChI is InChI=1S/C37H37ClN8O4/c1-22-29(14-25(38)18-39-22)36(47)44-26-11-8-23(9-12-26)20-45-31-6-4-5-7-32(31)46(37(45)48)27-15-30-34(40-19-27)35(43-21-42-30)41-17-24-10-13-28(49-2)16-33(24)50-3/h4-7,10,13-16,18-19,21,23,26H,8-9,11-12,17,20H2,1-3H3,(H,44,47)(H,41,42,43). The molecule has 1 aliphatic carbocycles. The van der Waals surface area contributed by atoms with Gasteiger partial charge in [-0.05, 0) is 74.9 Å². The van der Waals surface area contributed by atoms with Gasteiger partial charge in [0.15, 0.2) is 5.82 Å². The second kappa shape index (κ2) is 14.2. The first-order chi connectivity index (χ1) is 24.3. The van der Waals surface area contributed by atoms with Crippen LogP contribution in [0.3, 0.4) is 0 Å². The lowest BCUT2D eigenvalue weighted by molar-refractivity contribution is 0.0919. The zero-order valence-electron chi connectivity index (χ0n) is 28.0. The van der Waals surface area contributed by atoms with Gasteiger partial charge in [0.2, 0.25) is 0 Å². The number of hydrogen-bond acceptors (Lipinski definition) is 9. The summed E-state index contributed by atoms with van der Waals surface area (Å²) in [5, 5.41) is 6.95. The third kappa shape index (κ3) is 6.58. The smallest absolute Gasteiger partial charge is 0.333 e. The molecule has 2 N–H and O–H groups in total. The van der Waals surface area contributed by atoms with Crippen molar-refractivity contribution in [1.82, 2.24) is 34.4 Å². The lowest BCUT2D eigenvalue weighted by Gasteiger charge is -2.29. The number of para-hydroxylation sites is 2. The molecule has 13 heteroatoms. The first kappa shape index (κ1) is 33.0. The van der Waals surface area contributed by atoms with Crippen LogP contribution in [0.5, 0.6) is 11.5 Å². The molecule has 50 heavy (non-hydrogen) atoms. The van der Waals surface area contributed by atoms with Crippen LogP contribution < -0.4 is 25.8 Å². The molecule has 1 amide bonds. The van der Waals surface area contributed by atoms with Gasteiger partial charge in [0.1, 0.15) is 23.3 Å². The van der Waals surface area contributed by atoms with E-state index < -0.39 is 0 Å². The number of ether oxygens (including phenoxy) is 2. The fourth-order valence-corrected chi connectivity index (χ4v) is 6.90. The molecule has 1 saturated carbocycles. The van der Waals surface area contributed by atoms with Crippen molar-refractivity contribution in [3.05, 3.63) is 106 Å². The summed E-state index contributed by atoms with van der Waals surface area (Å²) >= 11 is 6.08. The molecule has 0 radical (unpaired) electrons. The van der Waals surface area contributed by atoms with E-state index in [0.717, 1.165) is 42.3 Å². The molecule has 256 valence electrons. The van der Waals surface area contributed by atoms with E-state index in [1.54, 1.807) is 44.2 Å². The van der Waals surface area contributed by atoms with E-state index in [-0.39, 0.29) is 23.6 Å². The van der Waals surface area contributed by atoms with Crippen LogP contribution in [0.1, 0.15) is 47.3 Å². The molecule has 12 nitrogen and oxygen atoms in total. The van der Waals surface area contributed by atoms with Gasteiger partial charge in [-0.2, -0.15) is 0 Å². The summed E-state index contributed by atoms with van der Waals surface area (Å²) in [6.07, 6.45) is 8.14. The van der Waals surface area contributed by atoms with E-state index in [9.17, 15) is 9.59 Å². The summed E-state index contributed by atoms with van der Waals surface area (Å²) < 4.78 is 14.4. The minimum atomic E-state index is -0.158. The largest absolute Gasteiger partial charge is 0.497 e. The Morgan fingerprint density at radius 1 is 0.940 bits per heavy atom. The summed E-state index contributed by atoms with van der Waals surface area (Å²) in [6.45, 7) is 2.83. The number of nitrogens with zero attached hydrogens (tertiary/aromatic N) is 6. The summed E-state index contributed by atoms with van der Waals surface area (Å²) in [7, 11) is 3.24. The Bertz CT molecular complexity index is 2260. The first-order valence-corrected chi connectivity index (χ1v) is 16.9. The van der Waals surface area contributed by atoms with Crippen LogP contribution in [0.15, 0.2) is 78.1 Å². The maximum Gasteiger partial charge on any atom is 0.333 e. The average molecular weight is 693 g/mol. The second-order valence-electron chi connectivity index (χ2n) is 12.5. The van der Waals surface area contributed by atoms with Crippen molar-refractivity contribution >= 4 is 45.4 Å². The molecule has 6 aromatic rings. The van der Waals surface area contributed by atoms with Crippen molar-refractivity contribution in [2.45, 2.75) is 51.7 Å². The number of amides is 1. The van der Waals surface area contributed by atoms with Crippen LogP contribution >= 0.6 is 11.6 Å². The van der Waals surface area contributed by atoms with E-state index in [0.29, 0.717) is 63.4 Å². The highest BCUT2D eigenvalue weighted by atomic mass is 35.5. The summed E-state index contributed by atoms with van der Waals surface area (Å²) in [5.74, 6) is 2.10. The number of pyridine rings is 2. The number of halogens is 1. The Balaban J connectivity index is 1.09. The molecule has 4 aromatic heterocycles. The second-order valence-corrected chi connectivity index (χ2v) is 12.9. The highest BCUT2D eigenvalue weighted by molar-refractivity contribution is 6.30. The van der Waals surface area contributed by atoms with Gasteiger partial charge in [-0.3, -0.25) is 18.9 Å². The minimum Gasteiger partial charge on any atom is -0.497 e. The number of nitrogens with one attached hydrogen (secondary N) is 2. The molecule has 0 unspecified atom stereocenters. The normalized spacial score (nSPS) is 16.0. The maximum absolute atomic E-state index is 14.1. The number of carbonyl (C=O) groups is 1. The predicted molar refractivity (Wildman–Crippen MR) is 192 cm³/mol. The van der Waals surface area contributed by atoms with Crippen LogP contribution in [-0.2, 0) is 13.1 Å². The van der Waals surface area contributed by atoms with E-state index in [1.807, 2.05) is 53.1 Å². The summed E-state index contributed by atoms with van der Waals surface area (Å²) in [6, 6.07) is 17.0. The lowest BCUT2D eigenvalue weighted by Crippen LogP contribution is -2.39. The van der Waals surface area contributed by atoms with Crippen LogP contribution in [-0.4, -0.2) is 55.2 Å². The van der Waals surface area contributed by atoms with Crippen LogP contribution in [0.4, 0.5) is 5.82 Å². The van der Waals surface area contributed by atoms with Crippen molar-refractivity contribution in [2.24, 2.45) is 5.92 Å². The van der Waals surface area contributed by atoms with Crippen LogP contribution in [0.25, 0.3) is 27.8 Å². The third-order valence-electron chi connectivity index (χ3n) is 9.42. The van der Waals surface area contributed by atoms with E-state index in [1.165, 1.54) is 6.33 Å². The SMILES string of the molecule is COc1ccc(CNc2ncnc3cc(-n4c(=O)n(CC5CCC(NC(=O)c6cc(Cl)cnc6C)CC5)c5ccccc54)cnc23)c(OC)c1. The monoisotopic (exact) mass is 692 g/mol. The van der Waals surface area contributed by atoms with Gasteiger partial charge >= 0.3 is 5.69 Å². The van der Waals surface area contributed by atoms with Gasteiger partial charge < -0.3 is 20.1 Å². The zero-order valence-corrected chi connectivity index (χ0v) is 28.8. The number of aromatic nitrogens is 6. The molecule has 7 rings (SSSR count). The molecule has 1 fully saturated rings. The van der Waals surface area contributed by atoms with Gasteiger partial charge in [-0.1, -0.05) is 23.7 Å². The molecule has 0 spiro atoms. The van der Waals surface area contributed by atoms with Crippen LogP contribution in [0.2, 0.25) is 5.02 Å². The summed E-state index contributed by atoms with van der Waals surface area (Å²) in [5.41, 5.74) is 5.41. The minimum absolute atomic E-state index is 0.0541. The van der Waals surface area contributed by atoms with Crippen LogP contribution in [0, 0.1) is 12.8 Å². The van der Waals surface area contributed by atoms with Crippen molar-refractivity contribution in [3.8, 4) is 17.2 Å². The Labute approximate surface area is 293 Å². The van der Waals surface area contributed by atoms with E-state index in [4.69, 9.17) is 26.1 Å². The number of imidazole rings is 1. The van der Waals surface area contributed by atoms with E-state index in [2.05, 4.69) is 25.6 Å². The molecular weight excluding hydrogens is 656 g/mol. The van der Waals surface area contributed by atoms with Gasteiger partial charge in [0, 0.05) is 37.0 Å². The van der Waals surface area contributed by atoms with Crippen molar-refractivity contribution < 1.29 is 14.3 Å². The third-order valence-corrected chi connectivity index (χ3v) is 9.62. The highest BCUT2D eigenvalue weighted by Crippen LogP contribution is 2.29. The number of methoxy groups -OCH3 is 2. The molecule has 2 aromatic carbocycles. The molecule has 0 atom stereocenters. The number of carbonyl (C=O) groups excluding carboxylic acids is 1. The number of hydrogen-bond donors (Lipinski definition) is 2. The highest BCUT2D eigenvalue weighted by Gasteiger charge is 2.26. The predicted octanol–water partition coefficient (Wildman–Crippen LogP) is 6.11. The number of benzene rings is 2. The fraction of sp³-hybridized carbons (Fsp3) is 0.297. The van der Waals surface area contributed by atoms with Gasteiger partial charge in [-0.25, -0.2) is 19.7 Å². The van der Waals surface area contributed by atoms with Gasteiger partial charge in [0.05, 0.1) is 58.9 Å². The topological polar surface area (TPSA) is 138 Å². The lowest BCUT2D eigenvalue weighted by atomic mass is 9.85. The fourth-order valence-electron chi connectivity index (χ4n) is 6.74. The van der Waals surface area contributed by atoms with Gasteiger partial charge in [0.25, 0.3) is 5.91 Å². The van der Waals surface area contributed by atoms with E-state index >= 15 is 0 Å². The Hall–Kier alpha value is -5.49. The average Bonchev–Trinajstić information content (AvgIpc) is 3.42. The van der Waals surface area contributed by atoms with Gasteiger partial charge in [-0.15, -0.1) is 0 Å².